The van der Waals surface area contributed by atoms with Crippen molar-refractivity contribution in [2.75, 3.05) is 5.32 Å². The van der Waals surface area contributed by atoms with Crippen LogP contribution in [0.25, 0.3) is 0 Å². The molecule has 0 aliphatic carbocycles. The van der Waals surface area contributed by atoms with Crippen molar-refractivity contribution in [3.05, 3.63) is 58.7 Å². The predicted octanol–water partition coefficient (Wildman–Crippen LogP) is 4.71. The molecule has 1 amide bonds. The first-order chi connectivity index (χ1) is 12.4. The molecule has 1 heterocycles. The van der Waals surface area contributed by atoms with Crippen LogP contribution in [0.1, 0.15) is 15.9 Å². The van der Waals surface area contributed by atoms with Gasteiger partial charge in [-0.1, -0.05) is 17.7 Å². The molecule has 0 aliphatic rings. The van der Waals surface area contributed by atoms with Crippen molar-refractivity contribution in [2.24, 2.45) is 0 Å². The summed E-state index contributed by atoms with van der Waals surface area (Å²) in [5.74, 6) is -2.31. The van der Waals surface area contributed by atoms with Gasteiger partial charge in [-0.3, -0.25) is 4.79 Å². The molecule has 1 aromatic heterocycles. The molecule has 4 nitrogen and oxygen atoms in total. The number of halogens is 7. The molecular formula is C16H12ClF6N3O. The van der Waals surface area contributed by atoms with E-state index < -0.39 is 35.3 Å². The van der Waals surface area contributed by atoms with Crippen molar-refractivity contribution in [2.45, 2.75) is 24.9 Å². The Hall–Kier alpha value is -2.49. The normalized spacial score (nSPS) is 12.6. The number of amides is 1. The highest BCUT2D eigenvalue weighted by atomic mass is 35.5. The molecule has 146 valence electrons. The molecule has 11 heteroatoms. The van der Waals surface area contributed by atoms with E-state index >= 15 is 0 Å². The highest BCUT2D eigenvalue weighted by molar-refractivity contribution is 6.30. The average molecular weight is 412 g/mol. The van der Waals surface area contributed by atoms with E-state index in [4.69, 9.17) is 11.6 Å². The highest BCUT2D eigenvalue weighted by Gasteiger charge is 2.72. The number of anilines is 1. The third-order valence-electron chi connectivity index (χ3n) is 3.48. The Kier molecular flexibility index (Phi) is 5.60. The van der Waals surface area contributed by atoms with Gasteiger partial charge in [0.1, 0.15) is 5.82 Å². The molecule has 0 unspecified atom stereocenters. The fourth-order valence-electron chi connectivity index (χ4n) is 2.05. The van der Waals surface area contributed by atoms with E-state index in [1.807, 2.05) is 0 Å². The highest BCUT2D eigenvalue weighted by Crippen LogP contribution is 2.43. The molecule has 0 atom stereocenters. The van der Waals surface area contributed by atoms with E-state index in [2.05, 4.69) is 4.98 Å². The van der Waals surface area contributed by atoms with Crippen LogP contribution in [0.3, 0.4) is 0 Å². The molecule has 1 aromatic carbocycles. The Bertz CT molecular complexity index is 789. The summed E-state index contributed by atoms with van der Waals surface area (Å²) in [4.78, 5) is 15.6. The van der Waals surface area contributed by atoms with Gasteiger partial charge in [0, 0.05) is 16.8 Å². The molecule has 0 fully saturated rings. The number of aryl methyl sites for hydroxylation is 1. The lowest BCUT2D eigenvalue weighted by Crippen LogP contribution is -2.72. The molecule has 2 aromatic rings. The summed E-state index contributed by atoms with van der Waals surface area (Å²) >= 11 is 5.60. The molecule has 0 bridgehead atoms. The fourth-order valence-corrected chi connectivity index (χ4v) is 2.18. The smallest absolute Gasteiger partial charge is 0.332 e. The average Bonchev–Trinajstić information content (AvgIpc) is 2.54. The van der Waals surface area contributed by atoms with Crippen LogP contribution in [0.4, 0.5) is 32.2 Å². The van der Waals surface area contributed by atoms with Crippen LogP contribution in [-0.2, 0) is 0 Å². The third-order valence-corrected chi connectivity index (χ3v) is 3.74. The molecule has 27 heavy (non-hydrogen) atoms. The van der Waals surface area contributed by atoms with Gasteiger partial charge in [-0.25, -0.2) is 4.98 Å². The number of nitrogens with one attached hydrogen (secondary N) is 2. The van der Waals surface area contributed by atoms with E-state index in [1.165, 1.54) is 11.4 Å². The lowest BCUT2D eigenvalue weighted by Gasteiger charge is -2.38. The van der Waals surface area contributed by atoms with Crippen molar-refractivity contribution in [1.29, 1.82) is 0 Å². The fraction of sp³-hybridized carbons (Fsp3) is 0.250. The Balaban J connectivity index is 2.49. The molecule has 0 spiro atoms. The Morgan fingerprint density at radius 1 is 0.963 bits per heavy atom. The summed E-state index contributed by atoms with van der Waals surface area (Å²) < 4.78 is 81.2. The van der Waals surface area contributed by atoms with Crippen LogP contribution in [0.15, 0.2) is 42.6 Å². The maximum Gasteiger partial charge on any atom is 0.439 e. The number of hydrogen-bond acceptors (Lipinski definition) is 3. The second-order valence-electron chi connectivity index (χ2n) is 5.55. The number of carbonyl (C=O) groups excluding carboxylic acids is 1. The molecular weight excluding hydrogens is 400 g/mol. The quantitative estimate of drug-likeness (QED) is 0.566. The minimum absolute atomic E-state index is 0.159. The minimum Gasteiger partial charge on any atom is -0.332 e. The third kappa shape index (κ3) is 4.44. The van der Waals surface area contributed by atoms with E-state index in [0.717, 1.165) is 41.8 Å². The number of aromatic nitrogens is 1. The molecule has 2 rings (SSSR count). The van der Waals surface area contributed by atoms with Crippen LogP contribution in [-0.4, -0.2) is 28.9 Å². The summed E-state index contributed by atoms with van der Waals surface area (Å²) in [6, 6.07) is 6.53. The van der Waals surface area contributed by atoms with Gasteiger partial charge >= 0.3 is 18.0 Å². The molecule has 0 aliphatic heterocycles. The summed E-state index contributed by atoms with van der Waals surface area (Å²) in [5, 5.41) is 2.48. The Morgan fingerprint density at radius 3 is 1.96 bits per heavy atom. The Morgan fingerprint density at radius 2 is 1.52 bits per heavy atom. The predicted molar refractivity (Wildman–Crippen MR) is 86.4 cm³/mol. The lowest BCUT2D eigenvalue weighted by molar-refractivity contribution is -0.294. The molecule has 0 radical (unpaired) electrons. The van der Waals surface area contributed by atoms with Crippen molar-refractivity contribution < 1.29 is 31.1 Å². The Labute approximate surface area is 154 Å². The second-order valence-corrected chi connectivity index (χ2v) is 5.99. The number of benzene rings is 1. The topological polar surface area (TPSA) is 54.0 Å². The first kappa shape index (κ1) is 20.8. The first-order valence-corrected chi connectivity index (χ1v) is 7.66. The van der Waals surface area contributed by atoms with Crippen LogP contribution in [0, 0.1) is 6.92 Å². The number of pyridine rings is 1. The van der Waals surface area contributed by atoms with Gasteiger partial charge in [0.2, 0.25) is 0 Å². The summed E-state index contributed by atoms with van der Waals surface area (Å²) in [5.41, 5.74) is -4.66. The number of carbonyl (C=O) groups is 1. The monoisotopic (exact) mass is 411 g/mol. The SMILES string of the molecule is Cc1ccc(NC(NC(=O)c2ccc(Cl)cc2)(C(F)(F)F)C(F)(F)F)nc1. The van der Waals surface area contributed by atoms with E-state index in [1.54, 1.807) is 6.92 Å². The van der Waals surface area contributed by atoms with Crippen molar-refractivity contribution >= 4 is 23.3 Å². The maximum absolute atomic E-state index is 13.5. The number of alkyl halides is 6. The largest absolute Gasteiger partial charge is 0.439 e. The van der Waals surface area contributed by atoms with Crippen molar-refractivity contribution in [1.82, 2.24) is 10.3 Å². The van der Waals surface area contributed by atoms with Gasteiger partial charge in [0.15, 0.2) is 0 Å². The van der Waals surface area contributed by atoms with Crippen molar-refractivity contribution in [3.8, 4) is 0 Å². The number of hydrogen-bond donors (Lipinski definition) is 2. The van der Waals surface area contributed by atoms with Crippen molar-refractivity contribution in [3.63, 3.8) is 0 Å². The summed E-state index contributed by atoms with van der Waals surface area (Å²) in [6.45, 7) is 1.56. The van der Waals surface area contributed by atoms with Crippen LogP contribution >= 0.6 is 11.6 Å². The second kappa shape index (κ2) is 7.26. The van der Waals surface area contributed by atoms with Crippen LogP contribution in [0.2, 0.25) is 5.02 Å². The molecule has 2 N–H and O–H groups in total. The number of rotatable bonds is 4. The van der Waals surface area contributed by atoms with Gasteiger partial charge in [0.25, 0.3) is 5.91 Å². The van der Waals surface area contributed by atoms with Gasteiger partial charge < -0.3 is 10.6 Å². The standard InChI is InChI=1S/C16H12ClF6N3O/c1-9-2-7-12(24-8-9)25-14(15(18,19)20,16(21,22)23)26-13(27)10-3-5-11(17)6-4-10/h2-8H,1H3,(H,24,25)(H,26,27). The lowest BCUT2D eigenvalue weighted by atomic mass is 10.1. The van der Waals surface area contributed by atoms with Gasteiger partial charge in [0.05, 0.1) is 0 Å². The molecule has 0 saturated heterocycles. The summed E-state index contributed by atoms with van der Waals surface area (Å²) in [6.07, 6.45) is -10.8. The van der Waals surface area contributed by atoms with Gasteiger partial charge in [-0.15, -0.1) is 0 Å². The van der Waals surface area contributed by atoms with Crippen LogP contribution in [0.5, 0.6) is 0 Å². The zero-order valence-electron chi connectivity index (χ0n) is 13.5. The first-order valence-electron chi connectivity index (χ1n) is 7.28. The number of nitrogens with zero attached hydrogens (tertiary/aromatic N) is 1. The van der Waals surface area contributed by atoms with E-state index in [0.29, 0.717) is 5.56 Å². The van der Waals surface area contributed by atoms with E-state index in [9.17, 15) is 31.1 Å². The van der Waals surface area contributed by atoms with Crippen LogP contribution < -0.4 is 10.6 Å². The summed E-state index contributed by atoms with van der Waals surface area (Å²) in [7, 11) is 0. The zero-order chi connectivity index (χ0) is 20.5. The zero-order valence-corrected chi connectivity index (χ0v) is 14.3. The van der Waals surface area contributed by atoms with Gasteiger partial charge in [-0.05, 0) is 42.8 Å². The molecule has 0 saturated carbocycles. The van der Waals surface area contributed by atoms with Gasteiger partial charge in [-0.2, -0.15) is 26.3 Å². The minimum atomic E-state index is -5.93. The maximum atomic E-state index is 13.5. The van der Waals surface area contributed by atoms with E-state index in [-0.39, 0.29) is 5.02 Å².